The van der Waals surface area contributed by atoms with Crippen LogP contribution in [-0.2, 0) is 9.53 Å². The predicted octanol–water partition coefficient (Wildman–Crippen LogP) is 4.29. The molecule has 4 heteroatoms. The summed E-state index contributed by atoms with van der Waals surface area (Å²) in [5, 5.41) is 0.221. The average molecular weight is 339 g/mol. The fourth-order valence-corrected chi connectivity index (χ4v) is 3.65. The largest absolute Gasteiger partial charge is 0.464 e. The van der Waals surface area contributed by atoms with Crippen LogP contribution in [0.15, 0.2) is 30.3 Å². The SMILES string of the molecule is CCCC(=O)OC[C@H](SCC[N+](C)(CC)CC)c1ccccc1. The smallest absolute Gasteiger partial charge is 0.305 e. The van der Waals surface area contributed by atoms with Crippen LogP contribution in [0.5, 0.6) is 0 Å². The maximum Gasteiger partial charge on any atom is 0.305 e. The summed E-state index contributed by atoms with van der Waals surface area (Å²) in [6, 6.07) is 10.4. The summed E-state index contributed by atoms with van der Waals surface area (Å²) < 4.78 is 6.56. The first-order valence-corrected chi connectivity index (χ1v) is 9.75. The maximum absolute atomic E-state index is 11.7. The van der Waals surface area contributed by atoms with E-state index in [4.69, 9.17) is 4.74 Å². The summed E-state index contributed by atoms with van der Waals surface area (Å²) in [6.07, 6.45) is 1.34. The Hall–Kier alpha value is -1.00. The molecule has 0 amide bonds. The van der Waals surface area contributed by atoms with Crippen LogP contribution in [0, 0.1) is 0 Å². The zero-order valence-corrected chi connectivity index (χ0v) is 15.9. The summed E-state index contributed by atoms with van der Waals surface area (Å²) >= 11 is 1.90. The molecule has 0 fully saturated rings. The van der Waals surface area contributed by atoms with Crippen LogP contribution >= 0.6 is 11.8 Å². The number of hydrogen-bond donors (Lipinski definition) is 0. The first-order chi connectivity index (χ1) is 11.0. The summed E-state index contributed by atoms with van der Waals surface area (Å²) in [4.78, 5) is 11.7. The van der Waals surface area contributed by atoms with Crippen molar-refractivity contribution >= 4 is 17.7 Å². The van der Waals surface area contributed by atoms with Gasteiger partial charge in [-0.2, -0.15) is 0 Å². The topological polar surface area (TPSA) is 26.3 Å². The Morgan fingerprint density at radius 2 is 1.83 bits per heavy atom. The summed E-state index contributed by atoms with van der Waals surface area (Å²) in [6.45, 7) is 10.4. The number of benzene rings is 1. The Balaban J connectivity index is 2.60. The average Bonchev–Trinajstić information content (AvgIpc) is 2.58. The molecule has 23 heavy (non-hydrogen) atoms. The molecule has 0 bridgehead atoms. The van der Waals surface area contributed by atoms with Crippen molar-refractivity contribution in [1.29, 1.82) is 0 Å². The van der Waals surface area contributed by atoms with E-state index in [0.717, 1.165) is 36.3 Å². The Morgan fingerprint density at radius 3 is 2.39 bits per heavy atom. The second kappa shape index (κ2) is 10.7. The lowest BCUT2D eigenvalue weighted by molar-refractivity contribution is -0.903. The predicted molar refractivity (Wildman–Crippen MR) is 99.6 cm³/mol. The van der Waals surface area contributed by atoms with Crippen molar-refractivity contribution in [2.75, 3.05) is 39.0 Å². The minimum Gasteiger partial charge on any atom is -0.464 e. The number of carbonyl (C=O) groups excluding carboxylic acids is 1. The molecule has 0 aliphatic heterocycles. The van der Waals surface area contributed by atoms with Gasteiger partial charge in [0.25, 0.3) is 0 Å². The molecule has 0 heterocycles. The molecule has 1 aromatic carbocycles. The minimum absolute atomic E-state index is 0.0863. The molecule has 0 N–H and O–H groups in total. The third kappa shape index (κ3) is 7.40. The molecule has 1 aromatic rings. The van der Waals surface area contributed by atoms with Crippen molar-refractivity contribution in [3.05, 3.63) is 35.9 Å². The fourth-order valence-electron chi connectivity index (χ4n) is 2.31. The third-order valence-electron chi connectivity index (χ3n) is 4.50. The van der Waals surface area contributed by atoms with Crippen molar-refractivity contribution in [3.8, 4) is 0 Å². The molecule has 0 saturated heterocycles. The van der Waals surface area contributed by atoms with Crippen LogP contribution in [0.1, 0.15) is 44.4 Å². The highest BCUT2D eigenvalue weighted by molar-refractivity contribution is 7.99. The van der Waals surface area contributed by atoms with Crippen LogP contribution in [0.3, 0.4) is 0 Å². The maximum atomic E-state index is 11.7. The molecule has 0 aliphatic rings. The van der Waals surface area contributed by atoms with Gasteiger partial charge < -0.3 is 9.22 Å². The molecule has 0 aromatic heterocycles. The minimum atomic E-state index is -0.0863. The first kappa shape index (κ1) is 20.0. The van der Waals surface area contributed by atoms with E-state index < -0.39 is 0 Å². The van der Waals surface area contributed by atoms with E-state index in [1.807, 2.05) is 24.8 Å². The number of quaternary nitrogens is 1. The second-order valence-corrected chi connectivity index (χ2v) is 7.49. The summed E-state index contributed by atoms with van der Waals surface area (Å²) in [5.74, 6) is 0.986. The zero-order valence-electron chi connectivity index (χ0n) is 15.1. The molecule has 0 spiro atoms. The van der Waals surface area contributed by atoms with Gasteiger partial charge in [0, 0.05) is 12.2 Å². The van der Waals surface area contributed by atoms with Gasteiger partial charge in [0.1, 0.15) is 6.61 Å². The summed E-state index contributed by atoms with van der Waals surface area (Å²) in [7, 11) is 2.30. The monoisotopic (exact) mass is 338 g/mol. The first-order valence-electron chi connectivity index (χ1n) is 8.70. The number of esters is 1. The van der Waals surface area contributed by atoms with Crippen LogP contribution in [0.2, 0.25) is 0 Å². The number of carbonyl (C=O) groups is 1. The van der Waals surface area contributed by atoms with E-state index >= 15 is 0 Å². The fraction of sp³-hybridized carbons (Fsp3) is 0.632. The van der Waals surface area contributed by atoms with E-state index in [9.17, 15) is 4.79 Å². The van der Waals surface area contributed by atoms with Crippen LogP contribution in [0.4, 0.5) is 0 Å². The van der Waals surface area contributed by atoms with Crippen molar-refractivity contribution in [1.82, 2.24) is 0 Å². The van der Waals surface area contributed by atoms with Gasteiger partial charge in [-0.3, -0.25) is 4.79 Å². The Bertz CT molecular complexity index is 446. The lowest BCUT2D eigenvalue weighted by Gasteiger charge is -2.32. The lowest BCUT2D eigenvalue weighted by Crippen LogP contribution is -2.45. The molecule has 3 nitrogen and oxygen atoms in total. The van der Waals surface area contributed by atoms with Crippen molar-refractivity contribution in [2.24, 2.45) is 0 Å². The molecular formula is C19H32NO2S+. The highest BCUT2D eigenvalue weighted by Crippen LogP contribution is 2.29. The third-order valence-corrected chi connectivity index (χ3v) is 5.73. The molecule has 130 valence electrons. The van der Waals surface area contributed by atoms with E-state index in [-0.39, 0.29) is 11.2 Å². The summed E-state index contributed by atoms with van der Waals surface area (Å²) in [5.41, 5.74) is 1.24. The highest BCUT2D eigenvalue weighted by atomic mass is 32.2. The number of thioether (sulfide) groups is 1. The van der Waals surface area contributed by atoms with E-state index in [0.29, 0.717) is 13.0 Å². The highest BCUT2D eigenvalue weighted by Gasteiger charge is 2.19. The van der Waals surface area contributed by atoms with Crippen LogP contribution < -0.4 is 0 Å². The van der Waals surface area contributed by atoms with Crippen molar-refractivity contribution in [2.45, 2.75) is 38.9 Å². The lowest BCUT2D eigenvalue weighted by atomic mass is 10.1. The van der Waals surface area contributed by atoms with Crippen molar-refractivity contribution in [3.63, 3.8) is 0 Å². The molecule has 0 unspecified atom stereocenters. The number of rotatable bonds is 11. The van der Waals surface area contributed by atoms with E-state index in [2.05, 4.69) is 45.2 Å². The molecule has 0 aliphatic carbocycles. The molecule has 1 atom stereocenters. The van der Waals surface area contributed by atoms with Gasteiger partial charge in [-0.15, -0.1) is 11.8 Å². The Labute approximate surface area is 146 Å². The van der Waals surface area contributed by atoms with Gasteiger partial charge >= 0.3 is 5.97 Å². The van der Waals surface area contributed by atoms with E-state index in [1.54, 1.807) is 0 Å². The number of hydrogen-bond acceptors (Lipinski definition) is 3. The van der Waals surface area contributed by atoms with Gasteiger partial charge in [0.2, 0.25) is 0 Å². The number of nitrogens with zero attached hydrogens (tertiary/aromatic N) is 1. The molecule has 0 saturated carbocycles. The zero-order chi connectivity index (χ0) is 17.1. The van der Waals surface area contributed by atoms with Gasteiger partial charge in [-0.1, -0.05) is 37.3 Å². The second-order valence-electron chi connectivity index (χ2n) is 6.18. The van der Waals surface area contributed by atoms with Gasteiger partial charge in [-0.25, -0.2) is 0 Å². The van der Waals surface area contributed by atoms with E-state index in [1.165, 1.54) is 5.56 Å². The Kier molecular flexibility index (Phi) is 9.34. The molecule has 0 radical (unpaired) electrons. The quantitative estimate of drug-likeness (QED) is 0.445. The van der Waals surface area contributed by atoms with Crippen LogP contribution in [0.25, 0.3) is 0 Å². The van der Waals surface area contributed by atoms with Gasteiger partial charge in [0.05, 0.1) is 31.9 Å². The van der Waals surface area contributed by atoms with Crippen molar-refractivity contribution < 1.29 is 14.0 Å². The molecular weight excluding hydrogens is 306 g/mol. The standard InChI is InChI=1S/C19H32NO2S/c1-5-11-19(21)22-16-18(17-12-9-8-10-13-17)23-15-14-20(4,6-2)7-3/h8-10,12-13,18H,5-7,11,14-16H2,1-4H3/q+1/t18-/m0/s1. The number of ether oxygens (including phenoxy) is 1. The van der Waals surface area contributed by atoms with Crippen LogP contribution in [-0.4, -0.2) is 49.5 Å². The van der Waals surface area contributed by atoms with Gasteiger partial charge in [0.15, 0.2) is 0 Å². The Morgan fingerprint density at radius 1 is 1.17 bits per heavy atom. The normalized spacial score (nSPS) is 12.9. The van der Waals surface area contributed by atoms with Gasteiger partial charge in [-0.05, 0) is 25.8 Å². The molecule has 1 rings (SSSR count).